The molecule has 0 saturated carbocycles. The molecule has 25 heavy (non-hydrogen) atoms. The van der Waals surface area contributed by atoms with Crippen LogP contribution in [0.15, 0.2) is 48.5 Å². The van der Waals surface area contributed by atoms with Crippen molar-refractivity contribution in [2.45, 2.75) is 20.0 Å². The van der Waals surface area contributed by atoms with Crippen LogP contribution in [0, 0.1) is 0 Å². The molecule has 0 radical (unpaired) electrons. The quantitative estimate of drug-likeness (QED) is 0.493. The third-order valence-corrected chi connectivity index (χ3v) is 5.68. The summed E-state index contributed by atoms with van der Waals surface area (Å²) in [6.07, 6.45) is 0.246. The van der Waals surface area contributed by atoms with Crippen LogP contribution in [0.25, 0.3) is 11.1 Å². The van der Waals surface area contributed by atoms with Gasteiger partial charge in [0.1, 0.15) is 0 Å². The number of hydrogen-bond acceptors (Lipinski definition) is 5. The van der Waals surface area contributed by atoms with E-state index in [-0.39, 0.29) is 12.1 Å². The van der Waals surface area contributed by atoms with E-state index in [0.717, 1.165) is 16.7 Å². The van der Waals surface area contributed by atoms with Crippen LogP contribution >= 0.6 is 7.60 Å². The van der Waals surface area contributed by atoms with E-state index in [0.29, 0.717) is 18.8 Å². The lowest BCUT2D eigenvalue weighted by atomic mass is 10.0. The molecule has 2 aromatic rings. The summed E-state index contributed by atoms with van der Waals surface area (Å²) in [4.78, 5) is 11.5. The molecule has 0 N–H and O–H groups in total. The molecule has 0 atom stereocenters. The minimum absolute atomic E-state index is 0.246. The second kappa shape index (κ2) is 8.95. The molecule has 0 bridgehead atoms. The molecule has 0 saturated heterocycles. The molecule has 0 aliphatic carbocycles. The van der Waals surface area contributed by atoms with Crippen molar-refractivity contribution in [1.82, 2.24) is 0 Å². The lowest BCUT2D eigenvalue weighted by Gasteiger charge is -2.17. The second-order valence-corrected chi connectivity index (χ2v) is 7.42. The van der Waals surface area contributed by atoms with Gasteiger partial charge in [0.05, 0.1) is 32.0 Å². The van der Waals surface area contributed by atoms with Gasteiger partial charge < -0.3 is 13.8 Å². The molecule has 0 aliphatic heterocycles. The van der Waals surface area contributed by atoms with E-state index < -0.39 is 7.60 Å². The zero-order valence-electron chi connectivity index (χ0n) is 14.7. The Bertz CT molecular complexity index is 727. The van der Waals surface area contributed by atoms with Gasteiger partial charge in [-0.3, -0.25) is 4.57 Å². The highest BCUT2D eigenvalue weighted by Crippen LogP contribution is 2.51. The lowest BCUT2D eigenvalue weighted by molar-refractivity contribution is 0.0600. The number of rotatable bonds is 8. The zero-order valence-corrected chi connectivity index (χ0v) is 15.6. The predicted molar refractivity (Wildman–Crippen MR) is 97.8 cm³/mol. The average molecular weight is 362 g/mol. The molecule has 0 unspecified atom stereocenters. The third kappa shape index (κ3) is 5.27. The van der Waals surface area contributed by atoms with E-state index in [9.17, 15) is 9.36 Å². The van der Waals surface area contributed by atoms with Crippen LogP contribution < -0.4 is 0 Å². The first-order chi connectivity index (χ1) is 12.0. The normalized spacial score (nSPS) is 11.3. The maximum Gasteiger partial charge on any atom is 0.337 e. The van der Waals surface area contributed by atoms with Gasteiger partial charge in [-0.2, -0.15) is 0 Å². The highest BCUT2D eigenvalue weighted by Gasteiger charge is 2.23. The molecule has 0 aliphatic rings. The highest BCUT2D eigenvalue weighted by molar-refractivity contribution is 7.53. The van der Waals surface area contributed by atoms with Crippen LogP contribution in [-0.2, 0) is 24.5 Å². The van der Waals surface area contributed by atoms with Gasteiger partial charge in [0.15, 0.2) is 0 Å². The molecule has 2 rings (SSSR count). The van der Waals surface area contributed by atoms with Crippen molar-refractivity contribution >= 4 is 13.6 Å². The lowest BCUT2D eigenvalue weighted by Crippen LogP contribution is -2.00. The van der Waals surface area contributed by atoms with Gasteiger partial charge >= 0.3 is 13.6 Å². The fourth-order valence-corrected chi connectivity index (χ4v) is 4.17. The number of carbonyl (C=O) groups excluding carboxylic acids is 1. The third-order valence-electron chi connectivity index (χ3n) is 3.62. The summed E-state index contributed by atoms with van der Waals surface area (Å²) in [6, 6.07) is 14.9. The van der Waals surface area contributed by atoms with Gasteiger partial charge in [-0.05, 0) is 42.7 Å². The minimum atomic E-state index is -3.10. The summed E-state index contributed by atoms with van der Waals surface area (Å²) in [7, 11) is -1.74. The monoisotopic (exact) mass is 362 g/mol. The Labute approximate surface area is 148 Å². The van der Waals surface area contributed by atoms with Crippen LogP contribution in [0.2, 0.25) is 0 Å². The number of carbonyl (C=O) groups is 1. The highest BCUT2D eigenvalue weighted by atomic mass is 31.2. The van der Waals surface area contributed by atoms with Crippen LogP contribution in [0.1, 0.15) is 29.8 Å². The number of ether oxygens (including phenoxy) is 1. The summed E-state index contributed by atoms with van der Waals surface area (Å²) >= 11 is 0. The van der Waals surface area contributed by atoms with Crippen LogP contribution in [-0.4, -0.2) is 26.3 Å². The molecule has 0 aromatic heterocycles. The molecule has 0 amide bonds. The van der Waals surface area contributed by atoms with Gasteiger partial charge in [0.2, 0.25) is 0 Å². The smallest absolute Gasteiger partial charge is 0.337 e. The largest absolute Gasteiger partial charge is 0.465 e. The summed E-state index contributed by atoms with van der Waals surface area (Å²) in [5.74, 6) is -0.357. The fourth-order valence-electron chi connectivity index (χ4n) is 2.46. The molecule has 134 valence electrons. The number of esters is 1. The van der Waals surface area contributed by atoms with E-state index >= 15 is 0 Å². The molecular weight excluding hydrogens is 339 g/mol. The van der Waals surface area contributed by atoms with E-state index in [1.165, 1.54) is 7.11 Å². The van der Waals surface area contributed by atoms with Crippen LogP contribution in [0.5, 0.6) is 0 Å². The SMILES string of the molecule is CCOP(=O)(Cc1ccc(-c2ccc(C(=O)OC)cc2)cc1)OCC. The average Bonchev–Trinajstić information content (AvgIpc) is 2.62. The van der Waals surface area contributed by atoms with Crippen molar-refractivity contribution in [3.63, 3.8) is 0 Å². The van der Waals surface area contributed by atoms with E-state index in [4.69, 9.17) is 13.8 Å². The standard InChI is InChI=1S/C19H23O5P/c1-4-23-25(21,24-5-2)14-15-6-8-16(9-7-15)17-10-12-18(13-11-17)19(20)22-3/h6-13H,4-5,14H2,1-3H3. The number of hydrogen-bond donors (Lipinski definition) is 0. The Morgan fingerprint density at radius 3 is 1.80 bits per heavy atom. The maximum atomic E-state index is 12.6. The summed E-state index contributed by atoms with van der Waals surface area (Å²) < 4.78 is 27.9. The van der Waals surface area contributed by atoms with Crippen LogP contribution in [0.4, 0.5) is 0 Å². The Morgan fingerprint density at radius 1 is 0.880 bits per heavy atom. The topological polar surface area (TPSA) is 61.8 Å². The van der Waals surface area contributed by atoms with Gasteiger partial charge in [-0.15, -0.1) is 0 Å². The van der Waals surface area contributed by atoms with Crippen LogP contribution in [0.3, 0.4) is 0 Å². The predicted octanol–water partition coefficient (Wildman–Crippen LogP) is 4.91. The van der Waals surface area contributed by atoms with Gasteiger partial charge in [0, 0.05) is 0 Å². The fraction of sp³-hybridized carbons (Fsp3) is 0.316. The molecule has 6 heteroatoms. The van der Waals surface area contributed by atoms with E-state index in [1.54, 1.807) is 26.0 Å². The Balaban J connectivity index is 2.14. The molecule has 0 heterocycles. The summed E-state index contributed by atoms with van der Waals surface area (Å²) in [5, 5.41) is 0. The Hall–Kier alpha value is -1.94. The minimum Gasteiger partial charge on any atom is -0.465 e. The van der Waals surface area contributed by atoms with Crippen molar-refractivity contribution in [3.05, 3.63) is 59.7 Å². The number of benzene rings is 2. The summed E-state index contributed by atoms with van der Waals surface area (Å²) in [5.41, 5.74) is 3.39. The van der Waals surface area contributed by atoms with Gasteiger partial charge in [0.25, 0.3) is 0 Å². The van der Waals surface area contributed by atoms with Crippen molar-refractivity contribution in [3.8, 4) is 11.1 Å². The maximum absolute atomic E-state index is 12.6. The summed E-state index contributed by atoms with van der Waals surface area (Å²) in [6.45, 7) is 4.29. The zero-order chi connectivity index (χ0) is 18.3. The van der Waals surface area contributed by atoms with E-state index in [1.807, 2.05) is 36.4 Å². The molecule has 5 nitrogen and oxygen atoms in total. The van der Waals surface area contributed by atoms with Crippen molar-refractivity contribution in [2.24, 2.45) is 0 Å². The van der Waals surface area contributed by atoms with Gasteiger partial charge in [-0.1, -0.05) is 36.4 Å². The van der Waals surface area contributed by atoms with Gasteiger partial charge in [-0.25, -0.2) is 4.79 Å². The van der Waals surface area contributed by atoms with E-state index in [2.05, 4.69) is 0 Å². The van der Waals surface area contributed by atoms with Crippen molar-refractivity contribution < 1.29 is 23.1 Å². The molecular formula is C19H23O5P. The Kier molecular flexibility index (Phi) is 6.94. The Morgan fingerprint density at radius 2 is 1.36 bits per heavy atom. The second-order valence-electron chi connectivity index (χ2n) is 5.37. The number of methoxy groups -OCH3 is 1. The first kappa shape index (κ1) is 19.4. The molecule has 0 fully saturated rings. The molecule has 2 aromatic carbocycles. The first-order valence-corrected chi connectivity index (χ1v) is 9.90. The molecule has 0 spiro atoms. The first-order valence-electron chi connectivity index (χ1n) is 8.17. The van der Waals surface area contributed by atoms with Crippen molar-refractivity contribution in [1.29, 1.82) is 0 Å². The van der Waals surface area contributed by atoms with Crippen molar-refractivity contribution in [2.75, 3.05) is 20.3 Å².